The summed E-state index contributed by atoms with van der Waals surface area (Å²) >= 11 is 0. The number of para-hydroxylation sites is 1. The average molecular weight is 379 g/mol. The quantitative estimate of drug-likeness (QED) is 0.449. The highest BCUT2D eigenvalue weighted by atomic mass is 16.2. The topological polar surface area (TPSA) is 57.8 Å². The molecule has 0 saturated carbocycles. The maximum absolute atomic E-state index is 13.0. The number of hydrogen-bond acceptors (Lipinski definition) is 2. The van der Waals surface area contributed by atoms with E-state index in [-0.39, 0.29) is 6.03 Å². The summed E-state index contributed by atoms with van der Waals surface area (Å²) in [4.78, 5) is 13.0. The molecule has 1 amide bonds. The van der Waals surface area contributed by atoms with Crippen LogP contribution in [0.4, 0.5) is 10.5 Å². The average Bonchev–Trinajstić information content (AvgIpc) is 3.14. The molecule has 0 fully saturated rings. The molecule has 0 aliphatic carbocycles. The van der Waals surface area contributed by atoms with Gasteiger partial charge in [-0.1, -0.05) is 56.3 Å². The first-order chi connectivity index (χ1) is 14.1. The highest BCUT2D eigenvalue weighted by Crippen LogP contribution is 2.35. The predicted octanol–water partition coefficient (Wildman–Crippen LogP) is 6.38. The highest BCUT2D eigenvalue weighted by Gasteiger charge is 2.17. The lowest BCUT2D eigenvalue weighted by Gasteiger charge is -2.12. The second-order valence-electron chi connectivity index (χ2n) is 7.29. The number of nitrogens with one attached hydrogen (secondary N) is 1. The van der Waals surface area contributed by atoms with Crippen LogP contribution in [0.2, 0.25) is 0 Å². The number of hydrogen-bond donors (Lipinski definition) is 1. The zero-order valence-corrected chi connectivity index (χ0v) is 16.4. The summed E-state index contributed by atoms with van der Waals surface area (Å²) in [5.74, 6) is 0.376. The molecule has 4 heteroatoms. The van der Waals surface area contributed by atoms with E-state index in [0.29, 0.717) is 17.2 Å². The smallest absolute Gasteiger partial charge is 0.307 e. The molecule has 29 heavy (non-hydrogen) atoms. The number of anilines is 1. The minimum atomic E-state index is -0.237. The van der Waals surface area contributed by atoms with Crippen molar-refractivity contribution in [3.63, 3.8) is 0 Å². The Morgan fingerprint density at radius 1 is 0.931 bits per heavy atom. The van der Waals surface area contributed by atoms with Gasteiger partial charge in [0.1, 0.15) is 0 Å². The first-order valence-electron chi connectivity index (χ1n) is 9.59. The Morgan fingerprint density at radius 2 is 1.62 bits per heavy atom. The number of carbonyl (C=O) groups is 1. The Hall–Kier alpha value is -3.84. The van der Waals surface area contributed by atoms with Gasteiger partial charge in [-0.15, -0.1) is 0 Å². The van der Waals surface area contributed by atoms with Crippen molar-refractivity contribution in [3.8, 4) is 17.2 Å². The fourth-order valence-electron chi connectivity index (χ4n) is 3.62. The Morgan fingerprint density at radius 3 is 2.34 bits per heavy atom. The first-order valence-corrected chi connectivity index (χ1v) is 9.59. The van der Waals surface area contributed by atoms with Gasteiger partial charge >= 0.3 is 6.03 Å². The van der Waals surface area contributed by atoms with Gasteiger partial charge in [-0.3, -0.25) is 4.57 Å². The first kappa shape index (κ1) is 18.5. The van der Waals surface area contributed by atoms with E-state index in [4.69, 9.17) is 5.26 Å². The summed E-state index contributed by atoms with van der Waals surface area (Å²) in [7, 11) is 0. The van der Waals surface area contributed by atoms with Crippen molar-refractivity contribution in [2.75, 3.05) is 5.32 Å². The minimum absolute atomic E-state index is 0.237. The van der Waals surface area contributed by atoms with Gasteiger partial charge in [0.2, 0.25) is 0 Å². The largest absolute Gasteiger partial charge is 0.330 e. The van der Waals surface area contributed by atoms with Gasteiger partial charge in [0.05, 0.1) is 17.1 Å². The molecule has 1 heterocycles. The maximum atomic E-state index is 13.0. The summed E-state index contributed by atoms with van der Waals surface area (Å²) in [6.07, 6.45) is 1.91. The highest BCUT2D eigenvalue weighted by molar-refractivity contribution is 6.05. The number of rotatable bonds is 3. The molecule has 142 valence electrons. The molecule has 0 spiro atoms. The molecule has 0 aliphatic rings. The van der Waals surface area contributed by atoms with Crippen molar-refractivity contribution in [2.45, 2.75) is 19.8 Å². The lowest BCUT2D eigenvalue weighted by atomic mass is 9.92. The van der Waals surface area contributed by atoms with Crippen LogP contribution in [0, 0.1) is 11.3 Å². The van der Waals surface area contributed by atoms with Crippen molar-refractivity contribution in [3.05, 3.63) is 90.1 Å². The van der Waals surface area contributed by atoms with E-state index in [1.54, 1.807) is 28.8 Å². The van der Waals surface area contributed by atoms with Crippen LogP contribution >= 0.6 is 0 Å². The van der Waals surface area contributed by atoms with Crippen LogP contribution < -0.4 is 5.32 Å². The Bertz CT molecular complexity index is 1230. The second-order valence-corrected chi connectivity index (χ2v) is 7.29. The predicted molar refractivity (Wildman–Crippen MR) is 117 cm³/mol. The minimum Gasteiger partial charge on any atom is -0.307 e. The molecule has 4 aromatic rings. The van der Waals surface area contributed by atoms with Gasteiger partial charge < -0.3 is 5.32 Å². The molecule has 4 rings (SSSR count). The summed E-state index contributed by atoms with van der Waals surface area (Å²) in [6.45, 7) is 4.35. The molecular weight excluding hydrogens is 358 g/mol. The van der Waals surface area contributed by atoms with E-state index in [2.05, 4.69) is 43.4 Å². The summed E-state index contributed by atoms with van der Waals surface area (Å²) in [5.41, 5.74) is 5.50. The van der Waals surface area contributed by atoms with E-state index in [9.17, 15) is 4.79 Å². The number of nitriles is 1. The lowest BCUT2D eigenvalue weighted by molar-refractivity contribution is 0.254. The van der Waals surface area contributed by atoms with Crippen molar-refractivity contribution in [1.29, 1.82) is 5.26 Å². The number of benzene rings is 3. The molecule has 0 aliphatic heterocycles. The molecule has 0 bridgehead atoms. The zero-order chi connectivity index (χ0) is 20.4. The molecular formula is C25H21N3O. The van der Waals surface area contributed by atoms with Crippen LogP contribution in [0.25, 0.3) is 22.0 Å². The Balaban J connectivity index is 1.79. The molecule has 4 nitrogen and oxygen atoms in total. The second kappa shape index (κ2) is 7.65. The van der Waals surface area contributed by atoms with Crippen molar-refractivity contribution >= 4 is 22.6 Å². The molecule has 3 aromatic carbocycles. The van der Waals surface area contributed by atoms with Crippen LogP contribution in [-0.4, -0.2) is 10.6 Å². The maximum Gasteiger partial charge on any atom is 0.330 e. The fraction of sp³-hybridized carbons (Fsp3) is 0.120. The molecule has 1 aromatic heterocycles. The third-order valence-electron chi connectivity index (χ3n) is 5.07. The number of carbonyl (C=O) groups excluding carboxylic acids is 1. The lowest BCUT2D eigenvalue weighted by Crippen LogP contribution is -2.18. The normalized spacial score (nSPS) is 10.8. The molecule has 0 radical (unpaired) electrons. The third kappa shape index (κ3) is 3.51. The van der Waals surface area contributed by atoms with Gasteiger partial charge in [0, 0.05) is 22.8 Å². The van der Waals surface area contributed by atoms with E-state index >= 15 is 0 Å². The van der Waals surface area contributed by atoms with Crippen LogP contribution in [0.15, 0.2) is 79.0 Å². The summed E-state index contributed by atoms with van der Waals surface area (Å²) < 4.78 is 1.65. The summed E-state index contributed by atoms with van der Waals surface area (Å²) in [6, 6.07) is 25.0. The van der Waals surface area contributed by atoms with Gasteiger partial charge in [0.25, 0.3) is 0 Å². The number of aromatic nitrogens is 1. The fourth-order valence-corrected chi connectivity index (χ4v) is 3.62. The third-order valence-corrected chi connectivity index (χ3v) is 5.07. The van der Waals surface area contributed by atoms with E-state index in [0.717, 1.165) is 22.0 Å². The van der Waals surface area contributed by atoms with E-state index in [1.807, 2.05) is 36.5 Å². The van der Waals surface area contributed by atoms with Gasteiger partial charge in [0.15, 0.2) is 0 Å². The van der Waals surface area contributed by atoms with Crippen molar-refractivity contribution in [2.24, 2.45) is 0 Å². The Kier molecular flexibility index (Phi) is 4.88. The van der Waals surface area contributed by atoms with Crippen LogP contribution in [-0.2, 0) is 0 Å². The monoisotopic (exact) mass is 379 g/mol. The van der Waals surface area contributed by atoms with Crippen molar-refractivity contribution in [1.82, 2.24) is 4.57 Å². The van der Waals surface area contributed by atoms with Crippen LogP contribution in [0.1, 0.15) is 30.9 Å². The molecule has 0 saturated heterocycles. The number of fused-ring (bicyclic) bond motifs is 1. The van der Waals surface area contributed by atoms with Gasteiger partial charge in [-0.25, -0.2) is 4.79 Å². The summed E-state index contributed by atoms with van der Waals surface area (Å²) in [5, 5.41) is 12.9. The van der Waals surface area contributed by atoms with Crippen LogP contribution in [0.3, 0.4) is 0 Å². The molecule has 0 unspecified atom stereocenters. The standard InChI is InChI=1S/C25H21N3O/c1-17(2)20-7-3-4-8-21(20)23-16-28(24-10-6-5-9-22(23)24)25(29)27-19-13-11-18(15-26)12-14-19/h3-14,16-17H,1-2H3,(H,27,29). The van der Waals surface area contributed by atoms with E-state index in [1.165, 1.54) is 5.56 Å². The number of nitrogens with zero attached hydrogens (tertiary/aromatic N) is 2. The molecule has 1 N–H and O–H groups in total. The van der Waals surface area contributed by atoms with Gasteiger partial charge in [-0.05, 0) is 47.4 Å². The number of amides is 1. The van der Waals surface area contributed by atoms with E-state index < -0.39 is 0 Å². The SMILES string of the molecule is CC(C)c1ccccc1-c1cn(C(=O)Nc2ccc(C#N)cc2)c2ccccc12. The zero-order valence-electron chi connectivity index (χ0n) is 16.4. The van der Waals surface area contributed by atoms with Crippen LogP contribution in [0.5, 0.6) is 0 Å². The Labute approximate surface area is 170 Å². The van der Waals surface area contributed by atoms with Crippen molar-refractivity contribution < 1.29 is 4.79 Å². The molecule has 0 atom stereocenters. The van der Waals surface area contributed by atoms with Gasteiger partial charge in [-0.2, -0.15) is 5.26 Å².